The van der Waals surface area contributed by atoms with Crippen molar-refractivity contribution in [3.05, 3.63) is 38.4 Å². The second kappa shape index (κ2) is 4.16. The highest BCUT2D eigenvalue weighted by atomic mass is 35.5. The first-order valence-corrected chi connectivity index (χ1v) is 3.81. The molecule has 0 amide bonds. The van der Waals surface area contributed by atoms with E-state index in [1.54, 1.807) is 12.1 Å². The van der Waals surface area contributed by atoms with Crippen LogP contribution in [0.25, 0.3) is 10.4 Å². The summed E-state index contributed by atoms with van der Waals surface area (Å²) < 4.78 is 0. The van der Waals surface area contributed by atoms with Crippen molar-refractivity contribution in [1.82, 2.24) is 4.98 Å². The first-order chi connectivity index (χ1) is 5.72. The fraction of sp³-hybridized carbons (Fsp3) is 0.167. The van der Waals surface area contributed by atoms with Crippen molar-refractivity contribution in [2.75, 3.05) is 0 Å². The number of aromatic nitrogens is 1. The number of azide groups is 1. The lowest BCUT2D eigenvalue weighted by molar-refractivity contribution is 1.04. The summed E-state index contributed by atoms with van der Waals surface area (Å²) in [5, 5.41) is 3.95. The summed E-state index contributed by atoms with van der Waals surface area (Å²) in [5.41, 5.74) is 8.79. The maximum Gasteiger partial charge on any atom is 0.131 e. The van der Waals surface area contributed by atoms with Crippen LogP contribution in [0.15, 0.2) is 17.2 Å². The van der Waals surface area contributed by atoms with Gasteiger partial charge < -0.3 is 0 Å². The third-order valence-corrected chi connectivity index (χ3v) is 1.53. The average Bonchev–Trinajstić information content (AvgIpc) is 1.99. The molecule has 62 valence electrons. The Kier molecular flexibility index (Phi) is 3.17. The molecule has 4 nitrogen and oxygen atoms in total. The SMILES string of the molecule is [N-]=[N+]=NCc1cc(Cl)nc(Cl)c1. The topological polar surface area (TPSA) is 61.7 Å². The Morgan fingerprint density at radius 2 is 2.00 bits per heavy atom. The van der Waals surface area contributed by atoms with Gasteiger partial charge in [0, 0.05) is 4.91 Å². The smallest absolute Gasteiger partial charge is 0.131 e. The summed E-state index contributed by atoms with van der Waals surface area (Å²) in [4.78, 5) is 6.35. The minimum atomic E-state index is 0.235. The van der Waals surface area contributed by atoms with Crippen LogP contribution >= 0.6 is 23.2 Å². The summed E-state index contributed by atoms with van der Waals surface area (Å²) in [6, 6.07) is 3.20. The van der Waals surface area contributed by atoms with Gasteiger partial charge in [0.15, 0.2) is 0 Å². The highest BCUT2D eigenvalue weighted by molar-refractivity contribution is 6.32. The zero-order valence-electron chi connectivity index (χ0n) is 5.91. The van der Waals surface area contributed by atoms with Gasteiger partial charge in [-0.1, -0.05) is 28.3 Å². The van der Waals surface area contributed by atoms with Crippen LogP contribution < -0.4 is 0 Å². The van der Waals surface area contributed by atoms with Gasteiger partial charge in [0.25, 0.3) is 0 Å². The fourth-order valence-electron chi connectivity index (χ4n) is 0.719. The summed E-state index contributed by atoms with van der Waals surface area (Å²) in [6.07, 6.45) is 0. The monoisotopic (exact) mass is 202 g/mol. The Balaban J connectivity index is 2.92. The van der Waals surface area contributed by atoms with E-state index in [0.29, 0.717) is 10.3 Å². The van der Waals surface area contributed by atoms with Crippen molar-refractivity contribution in [2.24, 2.45) is 5.11 Å². The quantitative estimate of drug-likeness (QED) is 0.315. The van der Waals surface area contributed by atoms with Crippen molar-refractivity contribution < 1.29 is 0 Å². The van der Waals surface area contributed by atoms with Crippen LogP contribution in [0.1, 0.15) is 5.56 Å². The zero-order chi connectivity index (χ0) is 8.97. The van der Waals surface area contributed by atoms with E-state index in [1.165, 1.54) is 0 Å². The van der Waals surface area contributed by atoms with Gasteiger partial charge in [-0.05, 0) is 23.2 Å². The summed E-state index contributed by atoms with van der Waals surface area (Å²) in [7, 11) is 0. The van der Waals surface area contributed by atoms with Crippen molar-refractivity contribution in [1.29, 1.82) is 0 Å². The van der Waals surface area contributed by atoms with Crippen LogP contribution in [-0.4, -0.2) is 4.98 Å². The lowest BCUT2D eigenvalue weighted by atomic mass is 10.3. The standard InChI is InChI=1S/C6H4Cl2N4/c7-5-1-4(3-10-12-9)2-6(8)11-5/h1-2H,3H2. The van der Waals surface area contributed by atoms with Gasteiger partial charge in [0.1, 0.15) is 10.3 Å². The minimum absolute atomic E-state index is 0.235. The molecule has 0 saturated carbocycles. The molecule has 1 aromatic heterocycles. The summed E-state index contributed by atoms with van der Waals surface area (Å²) in [6.45, 7) is 0.235. The number of hydrogen-bond acceptors (Lipinski definition) is 2. The molecule has 0 aliphatic rings. The Labute approximate surface area is 78.8 Å². The Morgan fingerprint density at radius 1 is 1.42 bits per heavy atom. The number of nitrogens with zero attached hydrogens (tertiary/aromatic N) is 4. The van der Waals surface area contributed by atoms with Crippen molar-refractivity contribution in [2.45, 2.75) is 6.54 Å². The molecule has 0 radical (unpaired) electrons. The van der Waals surface area contributed by atoms with Gasteiger partial charge in [-0.25, -0.2) is 4.98 Å². The van der Waals surface area contributed by atoms with E-state index in [2.05, 4.69) is 15.0 Å². The van der Waals surface area contributed by atoms with E-state index in [9.17, 15) is 0 Å². The number of rotatable bonds is 2. The molecule has 0 fully saturated rings. The molecule has 0 N–H and O–H groups in total. The highest BCUT2D eigenvalue weighted by Gasteiger charge is 1.97. The molecule has 0 aliphatic carbocycles. The van der Waals surface area contributed by atoms with E-state index in [-0.39, 0.29) is 6.54 Å². The Morgan fingerprint density at radius 3 is 2.50 bits per heavy atom. The molecule has 0 bridgehead atoms. The fourth-order valence-corrected chi connectivity index (χ4v) is 1.22. The van der Waals surface area contributed by atoms with Gasteiger partial charge in [0.05, 0.1) is 6.54 Å². The Hall–Kier alpha value is -0.960. The van der Waals surface area contributed by atoms with Crippen LogP contribution in [-0.2, 0) is 6.54 Å². The van der Waals surface area contributed by atoms with Gasteiger partial charge in [-0.2, -0.15) is 0 Å². The summed E-state index contributed by atoms with van der Waals surface area (Å²) in [5.74, 6) is 0. The molecule has 0 spiro atoms. The lowest BCUT2D eigenvalue weighted by Crippen LogP contribution is -1.83. The molecule has 0 aliphatic heterocycles. The maximum atomic E-state index is 8.04. The molecule has 0 unspecified atom stereocenters. The van der Waals surface area contributed by atoms with Crippen LogP contribution in [0.2, 0.25) is 10.3 Å². The van der Waals surface area contributed by atoms with E-state index in [1.807, 2.05) is 0 Å². The molecule has 6 heteroatoms. The number of halogens is 2. The third-order valence-electron chi connectivity index (χ3n) is 1.14. The van der Waals surface area contributed by atoms with Crippen molar-refractivity contribution >= 4 is 23.2 Å². The predicted molar refractivity (Wildman–Crippen MR) is 47.1 cm³/mol. The van der Waals surface area contributed by atoms with Gasteiger partial charge in [-0.15, -0.1) is 0 Å². The summed E-state index contributed by atoms with van der Waals surface area (Å²) >= 11 is 11.2. The van der Waals surface area contributed by atoms with E-state index in [4.69, 9.17) is 28.7 Å². The van der Waals surface area contributed by atoms with Gasteiger partial charge >= 0.3 is 0 Å². The molecular weight excluding hydrogens is 199 g/mol. The van der Waals surface area contributed by atoms with Crippen LogP contribution in [0.3, 0.4) is 0 Å². The molecule has 1 aromatic rings. The second-order valence-electron chi connectivity index (χ2n) is 2.01. The Bertz CT molecular complexity index is 312. The second-order valence-corrected chi connectivity index (χ2v) is 2.78. The zero-order valence-corrected chi connectivity index (χ0v) is 7.42. The first-order valence-electron chi connectivity index (χ1n) is 3.05. The third kappa shape index (κ3) is 2.58. The molecular formula is C6H4Cl2N4. The molecule has 0 aromatic carbocycles. The normalized spacial score (nSPS) is 9.17. The van der Waals surface area contributed by atoms with Crippen LogP contribution in [0, 0.1) is 0 Å². The maximum absolute atomic E-state index is 8.04. The molecule has 1 heterocycles. The van der Waals surface area contributed by atoms with E-state index < -0.39 is 0 Å². The van der Waals surface area contributed by atoms with Crippen molar-refractivity contribution in [3.63, 3.8) is 0 Å². The first kappa shape index (κ1) is 9.13. The molecule has 12 heavy (non-hydrogen) atoms. The highest BCUT2D eigenvalue weighted by Crippen LogP contribution is 2.15. The van der Waals surface area contributed by atoms with Crippen LogP contribution in [0.5, 0.6) is 0 Å². The predicted octanol–water partition coefficient (Wildman–Crippen LogP) is 3.20. The average molecular weight is 203 g/mol. The van der Waals surface area contributed by atoms with Crippen molar-refractivity contribution in [3.8, 4) is 0 Å². The van der Waals surface area contributed by atoms with Gasteiger partial charge in [0.2, 0.25) is 0 Å². The minimum Gasteiger partial charge on any atom is -0.224 e. The molecule has 1 rings (SSSR count). The molecule has 0 atom stereocenters. The largest absolute Gasteiger partial charge is 0.224 e. The van der Waals surface area contributed by atoms with Crippen LogP contribution in [0.4, 0.5) is 0 Å². The van der Waals surface area contributed by atoms with E-state index >= 15 is 0 Å². The lowest BCUT2D eigenvalue weighted by Gasteiger charge is -1.96. The van der Waals surface area contributed by atoms with Gasteiger partial charge in [-0.3, -0.25) is 0 Å². The van der Waals surface area contributed by atoms with E-state index in [0.717, 1.165) is 5.56 Å². The number of hydrogen-bond donors (Lipinski definition) is 0. The number of pyridine rings is 1. The molecule has 0 saturated heterocycles.